The molecule has 1 fully saturated rings. The van der Waals surface area contributed by atoms with Gasteiger partial charge in [0.15, 0.2) is 0 Å². The SMILES string of the molecule is CC(CC(=O)O)S(=O)CC(=O)NCC1CC1. The molecule has 16 heavy (non-hydrogen) atoms. The van der Waals surface area contributed by atoms with Gasteiger partial charge < -0.3 is 10.4 Å². The first-order valence-corrected chi connectivity index (χ1v) is 6.73. The summed E-state index contributed by atoms with van der Waals surface area (Å²) < 4.78 is 11.5. The molecule has 0 saturated heterocycles. The summed E-state index contributed by atoms with van der Waals surface area (Å²) in [5.41, 5.74) is 0. The number of carboxylic acids is 1. The van der Waals surface area contributed by atoms with Crippen LogP contribution in [0.25, 0.3) is 0 Å². The maximum atomic E-state index is 11.5. The van der Waals surface area contributed by atoms with Crippen molar-refractivity contribution in [3.8, 4) is 0 Å². The van der Waals surface area contributed by atoms with Crippen LogP contribution in [-0.4, -0.2) is 38.7 Å². The van der Waals surface area contributed by atoms with Crippen LogP contribution in [0.5, 0.6) is 0 Å². The predicted molar refractivity (Wildman–Crippen MR) is 60.5 cm³/mol. The first-order valence-electron chi connectivity index (χ1n) is 5.34. The highest BCUT2D eigenvalue weighted by atomic mass is 32.2. The number of nitrogens with one attached hydrogen (secondary N) is 1. The van der Waals surface area contributed by atoms with Crippen molar-refractivity contribution < 1.29 is 18.9 Å². The molecule has 1 amide bonds. The van der Waals surface area contributed by atoms with Gasteiger partial charge in [-0.25, -0.2) is 0 Å². The number of carbonyl (C=O) groups excluding carboxylic acids is 1. The average Bonchev–Trinajstić information content (AvgIpc) is 2.96. The van der Waals surface area contributed by atoms with Gasteiger partial charge in [0.05, 0.1) is 6.42 Å². The molecule has 1 aliphatic carbocycles. The molecule has 2 atom stereocenters. The molecule has 2 N–H and O–H groups in total. The minimum Gasteiger partial charge on any atom is -0.481 e. The van der Waals surface area contributed by atoms with Crippen molar-refractivity contribution in [3.63, 3.8) is 0 Å². The van der Waals surface area contributed by atoms with E-state index in [1.54, 1.807) is 6.92 Å². The fourth-order valence-corrected chi connectivity index (χ4v) is 2.21. The lowest BCUT2D eigenvalue weighted by Crippen LogP contribution is -2.32. The Bertz CT molecular complexity index is 301. The van der Waals surface area contributed by atoms with Gasteiger partial charge in [0.2, 0.25) is 5.91 Å². The first kappa shape index (κ1) is 13.2. The lowest BCUT2D eigenvalue weighted by atomic mass is 10.3. The smallest absolute Gasteiger partial charge is 0.304 e. The van der Waals surface area contributed by atoms with Crippen LogP contribution >= 0.6 is 0 Å². The van der Waals surface area contributed by atoms with Crippen LogP contribution in [0.15, 0.2) is 0 Å². The molecule has 0 aromatic heterocycles. The lowest BCUT2D eigenvalue weighted by molar-refractivity contribution is -0.137. The monoisotopic (exact) mass is 247 g/mol. The van der Waals surface area contributed by atoms with Crippen LogP contribution in [0.2, 0.25) is 0 Å². The molecule has 1 aliphatic rings. The third-order valence-corrected chi connectivity index (χ3v) is 4.08. The van der Waals surface area contributed by atoms with Crippen molar-refractivity contribution in [2.75, 3.05) is 12.3 Å². The van der Waals surface area contributed by atoms with E-state index >= 15 is 0 Å². The predicted octanol–water partition coefficient (Wildman–Crippen LogP) is 0.124. The maximum Gasteiger partial charge on any atom is 0.304 e. The number of carboxylic acid groups (broad SMARTS) is 1. The Hall–Kier alpha value is -0.910. The summed E-state index contributed by atoms with van der Waals surface area (Å²) in [7, 11) is -1.40. The van der Waals surface area contributed by atoms with Crippen LogP contribution in [0, 0.1) is 5.92 Å². The summed E-state index contributed by atoms with van der Waals surface area (Å²) in [6, 6.07) is 0. The zero-order valence-corrected chi connectivity index (χ0v) is 10.1. The molecule has 1 saturated carbocycles. The van der Waals surface area contributed by atoms with Crippen LogP contribution in [-0.2, 0) is 20.4 Å². The molecule has 1 rings (SSSR count). The van der Waals surface area contributed by atoms with Gasteiger partial charge in [-0.1, -0.05) is 6.92 Å². The van der Waals surface area contributed by atoms with E-state index < -0.39 is 22.0 Å². The molecule has 0 bridgehead atoms. The number of carbonyl (C=O) groups is 2. The lowest BCUT2D eigenvalue weighted by Gasteiger charge is -2.08. The number of hydrogen-bond acceptors (Lipinski definition) is 3. The second-order valence-corrected chi connectivity index (χ2v) is 6.04. The Kier molecular flexibility index (Phi) is 4.92. The minimum absolute atomic E-state index is 0.0961. The highest BCUT2D eigenvalue weighted by Gasteiger charge is 2.23. The highest BCUT2D eigenvalue weighted by Crippen LogP contribution is 2.27. The average molecular weight is 247 g/mol. The third kappa shape index (κ3) is 5.25. The molecule has 0 spiro atoms. The fraction of sp³-hybridized carbons (Fsp3) is 0.800. The van der Waals surface area contributed by atoms with E-state index in [0.717, 1.165) is 12.8 Å². The Labute approximate surface area is 97.1 Å². The van der Waals surface area contributed by atoms with Gasteiger partial charge in [0, 0.05) is 22.6 Å². The van der Waals surface area contributed by atoms with Gasteiger partial charge in [-0.3, -0.25) is 13.8 Å². The van der Waals surface area contributed by atoms with Crippen molar-refractivity contribution in [2.24, 2.45) is 5.92 Å². The van der Waals surface area contributed by atoms with E-state index in [4.69, 9.17) is 5.11 Å². The van der Waals surface area contributed by atoms with Crippen molar-refractivity contribution in [2.45, 2.75) is 31.4 Å². The summed E-state index contributed by atoms with van der Waals surface area (Å²) in [6.45, 7) is 2.24. The molecule has 0 aromatic rings. The molecule has 0 aromatic carbocycles. The van der Waals surface area contributed by atoms with E-state index in [1.165, 1.54) is 0 Å². The Morgan fingerprint density at radius 2 is 2.12 bits per heavy atom. The van der Waals surface area contributed by atoms with Crippen molar-refractivity contribution in [1.82, 2.24) is 5.32 Å². The summed E-state index contributed by atoms with van der Waals surface area (Å²) in [6.07, 6.45) is 2.14. The zero-order valence-electron chi connectivity index (χ0n) is 9.27. The number of rotatable bonds is 7. The molecule has 0 radical (unpaired) electrons. The highest BCUT2D eigenvalue weighted by molar-refractivity contribution is 7.86. The summed E-state index contributed by atoms with van der Waals surface area (Å²) in [4.78, 5) is 21.7. The molecule has 0 heterocycles. The molecule has 5 nitrogen and oxygen atoms in total. The number of aliphatic carboxylic acids is 1. The second kappa shape index (κ2) is 5.98. The Balaban J connectivity index is 2.20. The van der Waals surface area contributed by atoms with E-state index in [2.05, 4.69) is 5.32 Å². The van der Waals surface area contributed by atoms with Gasteiger partial charge in [0.1, 0.15) is 5.75 Å². The largest absolute Gasteiger partial charge is 0.481 e. The van der Waals surface area contributed by atoms with Gasteiger partial charge in [-0.15, -0.1) is 0 Å². The van der Waals surface area contributed by atoms with Gasteiger partial charge in [-0.2, -0.15) is 0 Å². The molecule has 0 aliphatic heterocycles. The van der Waals surface area contributed by atoms with Gasteiger partial charge in [0.25, 0.3) is 0 Å². The molecule has 6 heteroatoms. The van der Waals surface area contributed by atoms with Gasteiger partial charge >= 0.3 is 5.97 Å². The van der Waals surface area contributed by atoms with Gasteiger partial charge in [-0.05, 0) is 18.8 Å². The van der Waals surface area contributed by atoms with Crippen LogP contribution in [0.4, 0.5) is 0 Å². The minimum atomic E-state index is -1.40. The van der Waals surface area contributed by atoms with Crippen LogP contribution in [0.3, 0.4) is 0 Å². The van der Waals surface area contributed by atoms with E-state index in [9.17, 15) is 13.8 Å². The van der Waals surface area contributed by atoms with Crippen molar-refractivity contribution >= 4 is 22.7 Å². The molecular weight excluding hydrogens is 230 g/mol. The van der Waals surface area contributed by atoms with E-state index in [0.29, 0.717) is 12.5 Å². The second-order valence-electron chi connectivity index (χ2n) is 4.18. The van der Waals surface area contributed by atoms with E-state index in [1.807, 2.05) is 0 Å². The quantitative estimate of drug-likeness (QED) is 0.669. The van der Waals surface area contributed by atoms with Crippen LogP contribution < -0.4 is 5.32 Å². The molecule has 2 unspecified atom stereocenters. The standard InChI is InChI=1S/C10H17NO4S/c1-7(4-10(13)14)16(15)6-9(12)11-5-8-2-3-8/h7-8H,2-6H2,1H3,(H,11,12)(H,13,14). The van der Waals surface area contributed by atoms with Crippen molar-refractivity contribution in [3.05, 3.63) is 0 Å². The fourth-order valence-electron chi connectivity index (χ4n) is 1.24. The third-order valence-electron chi connectivity index (χ3n) is 2.47. The zero-order chi connectivity index (χ0) is 12.1. The maximum absolute atomic E-state index is 11.5. The number of hydrogen-bond donors (Lipinski definition) is 2. The Morgan fingerprint density at radius 1 is 1.50 bits per heavy atom. The topological polar surface area (TPSA) is 83.5 Å². The first-order chi connectivity index (χ1) is 7.49. The molecule has 92 valence electrons. The molecular formula is C10H17NO4S. The summed E-state index contributed by atoms with van der Waals surface area (Å²) >= 11 is 0. The number of amides is 1. The van der Waals surface area contributed by atoms with Crippen molar-refractivity contribution in [1.29, 1.82) is 0 Å². The van der Waals surface area contributed by atoms with Crippen LogP contribution in [0.1, 0.15) is 26.2 Å². The summed E-state index contributed by atoms with van der Waals surface area (Å²) in [5.74, 6) is -0.739. The Morgan fingerprint density at radius 3 is 2.62 bits per heavy atom. The normalized spacial score (nSPS) is 18.8. The summed E-state index contributed by atoms with van der Waals surface area (Å²) in [5, 5.41) is 10.7. The van der Waals surface area contributed by atoms with E-state index in [-0.39, 0.29) is 18.1 Å².